The summed E-state index contributed by atoms with van der Waals surface area (Å²) in [5, 5.41) is 10.5. The number of benzene rings is 2. The predicted molar refractivity (Wildman–Crippen MR) is 159 cm³/mol. The van der Waals surface area contributed by atoms with Gasteiger partial charge >= 0.3 is 5.97 Å². The first-order chi connectivity index (χ1) is 20.9. The highest BCUT2D eigenvalue weighted by atomic mass is 35.5. The Kier molecular flexibility index (Phi) is 7.53. The summed E-state index contributed by atoms with van der Waals surface area (Å²) in [5.41, 5.74) is 4.05. The van der Waals surface area contributed by atoms with Crippen LogP contribution in [0.3, 0.4) is 0 Å². The SMILES string of the molecule is O=C(O)c1ccc2nc(CC3CCC(c4cccc(OCc5ccc(Cl)c6cc(F)oc56)n4)CC3)n(CC3CCO3)c2c1. The highest BCUT2D eigenvalue weighted by Crippen LogP contribution is 2.38. The van der Waals surface area contributed by atoms with Crippen molar-refractivity contribution in [2.45, 2.75) is 63.7 Å². The standard InChI is InChI=1S/C33H31ClFN3O5/c34-25-10-8-22(32-24(25)16-29(35)43-32)18-42-31-3-1-2-26(37-31)20-6-4-19(5-7-20)14-30-36-27-11-9-21(33(39)40)15-28(27)38(30)17-23-12-13-41-23/h1-3,8-11,15-16,19-20,23H,4-7,12-14,17-18H2,(H,39,40). The van der Waals surface area contributed by atoms with Crippen molar-refractivity contribution in [3.63, 3.8) is 0 Å². The van der Waals surface area contributed by atoms with Crippen molar-refractivity contribution in [3.8, 4) is 5.88 Å². The summed E-state index contributed by atoms with van der Waals surface area (Å²) in [4.78, 5) is 21.3. The molecule has 2 aliphatic rings. The average Bonchev–Trinajstić information content (AvgIpc) is 3.55. The topological polar surface area (TPSA) is 99.6 Å². The summed E-state index contributed by atoms with van der Waals surface area (Å²) in [6, 6.07) is 15.1. The van der Waals surface area contributed by atoms with E-state index in [1.165, 1.54) is 6.07 Å². The zero-order chi connectivity index (χ0) is 29.5. The first-order valence-electron chi connectivity index (χ1n) is 14.7. The van der Waals surface area contributed by atoms with Crippen molar-refractivity contribution in [1.82, 2.24) is 14.5 Å². The van der Waals surface area contributed by atoms with Crippen LogP contribution in [0.15, 0.2) is 59.0 Å². The first kappa shape index (κ1) is 27.9. The number of hydrogen-bond acceptors (Lipinski definition) is 6. The van der Waals surface area contributed by atoms with E-state index in [0.717, 1.165) is 67.7 Å². The van der Waals surface area contributed by atoms with Crippen LogP contribution in [0.1, 0.15) is 65.5 Å². The van der Waals surface area contributed by atoms with E-state index in [1.54, 1.807) is 30.3 Å². The van der Waals surface area contributed by atoms with Gasteiger partial charge in [-0.05, 0) is 68.4 Å². The fourth-order valence-corrected chi connectivity index (χ4v) is 6.54. The van der Waals surface area contributed by atoms with Gasteiger partial charge in [-0.25, -0.2) is 14.8 Å². The van der Waals surface area contributed by atoms with E-state index in [4.69, 9.17) is 35.5 Å². The van der Waals surface area contributed by atoms with Crippen LogP contribution in [0.2, 0.25) is 5.02 Å². The molecule has 2 fully saturated rings. The Bertz CT molecular complexity index is 1810. The molecule has 1 saturated carbocycles. The molecule has 222 valence electrons. The molecule has 4 heterocycles. The van der Waals surface area contributed by atoms with Gasteiger partial charge in [0.15, 0.2) is 0 Å². The lowest BCUT2D eigenvalue weighted by atomic mass is 9.79. The van der Waals surface area contributed by atoms with Crippen LogP contribution < -0.4 is 4.74 Å². The van der Waals surface area contributed by atoms with Crippen LogP contribution in [0.5, 0.6) is 5.88 Å². The molecule has 1 atom stereocenters. The van der Waals surface area contributed by atoms with Gasteiger partial charge in [0, 0.05) is 47.7 Å². The van der Waals surface area contributed by atoms with E-state index < -0.39 is 12.0 Å². The predicted octanol–water partition coefficient (Wildman–Crippen LogP) is 7.55. The summed E-state index contributed by atoms with van der Waals surface area (Å²) >= 11 is 6.18. The first-order valence-corrected chi connectivity index (χ1v) is 15.1. The van der Waals surface area contributed by atoms with E-state index in [9.17, 15) is 14.3 Å². The van der Waals surface area contributed by atoms with Crippen molar-refractivity contribution >= 4 is 39.6 Å². The summed E-state index contributed by atoms with van der Waals surface area (Å²) in [6.07, 6.45) is 6.12. The Morgan fingerprint density at radius 2 is 1.91 bits per heavy atom. The fraction of sp³-hybridized carbons (Fsp3) is 0.364. The second kappa shape index (κ2) is 11.6. The Morgan fingerprint density at radius 1 is 1.07 bits per heavy atom. The second-order valence-corrected chi connectivity index (χ2v) is 11.9. The van der Waals surface area contributed by atoms with Crippen LogP contribution in [0.4, 0.5) is 4.39 Å². The normalized spacial score (nSPS) is 20.4. The van der Waals surface area contributed by atoms with Gasteiger partial charge in [0.25, 0.3) is 6.01 Å². The molecular formula is C33H31ClFN3O5. The molecule has 1 aliphatic carbocycles. The number of rotatable bonds is 9. The third kappa shape index (κ3) is 5.71. The molecule has 1 N–H and O–H groups in total. The number of nitrogens with zero attached hydrogens (tertiary/aromatic N) is 3. The molecule has 8 nitrogen and oxygen atoms in total. The minimum atomic E-state index is -0.937. The Balaban J connectivity index is 1.01. The van der Waals surface area contributed by atoms with Crippen LogP contribution in [0, 0.1) is 11.9 Å². The minimum absolute atomic E-state index is 0.145. The number of carboxylic acids is 1. The summed E-state index contributed by atoms with van der Waals surface area (Å²) in [5.74, 6) is 1.39. The van der Waals surface area contributed by atoms with Gasteiger partial charge < -0.3 is 23.6 Å². The van der Waals surface area contributed by atoms with Gasteiger partial charge in [-0.3, -0.25) is 0 Å². The maximum Gasteiger partial charge on any atom is 0.335 e. The molecule has 2 aromatic carbocycles. The van der Waals surface area contributed by atoms with Crippen LogP contribution in [-0.4, -0.2) is 38.3 Å². The molecule has 1 saturated heterocycles. The van der Waals surface area contributed by atoms with E-state index in [0.29, 0.717) is 45.8 Å². The molecule has 1 unspecified atom stereocenters. The number of ether oxygens (including phenoxy) is 2. The molecule has 5 aromatic rings. The maximum absolute atomic E-state index is 13.7. The van der Waals surface area contributed by atoms with E-state index in [1.807, 2.05) is 12.1 Å². The molecule has 3 aromatic heterocycles. The number of pyridine rings is 1. The summed E-state index contributed by atoms with van der Waals surface area (Å²) in [7, 11) is 0. The molecule has 10 heteroatoms. The smallest absolute Gasteiger partial charge is 0.335 e. The molecule has 0 amide bonds. The third-order valence-corrected chi connectivity index (χ3v) is 9.12. The lowest BCUT2D eigenvalue weighted by molar-refractivity contribution is -0.0590. The monoisotopic (exact) mass is 603 g/mol. The van der Waals surface area contributed by atoms with Gasteiger partial charge in [-0.1, -0.05) is 23.7 Å². The quantitative estimate of drug-likeness (QED) is 0.186. The summed E-state index contributed by atoms with van der Waals surface area (Å²) < 4.78 is 32.8. The lowest BCUT2D eigenvalue weighted by Crippen LogP contribution is -2.32. The van der Waals surface area contributed by atoms with Crippen LogP contribution in [0.25, 0.3) is 22.0 Å². The number of fused-ring (bicyclic) bond motifs is 2. The molecular weight excluding hydrogens is 573 g/mol. The maximum atomic E-state index is 13.7. The molecule has 0 radical (unpaired) electrons. The average molecular weight is 604 g/mol. The highest BCUT2D eigenvalue weighted by Gasteiger charge is 2.27. The second-order valence-electron chi connectivity index (χ2n) is 11.5. The number of halogens is 2. The van der Waals surface area contributed by atoms with Gasteiger partial charge in [0.2, 0.25) is 5.88 Å². The number of furan rings is 1. The van der Waals surface area contributed by atoms with Crippen molar-refractivity contribution in [3.05, 3.63) is 88.3 Å². The van der Waals surface area contributed by atoms with Crippen molar-refractivity contribution < 1.29 is 28.2 Å². The van der Waals surface area contributed by atoms with Gasteiger partial charge in [-0.2, -0.15) is 4.39 Å². The molecule has 7 rings (SSSR count). The minimum Gasteiger partial charge on any atom is -0.478 e. The van der Waals surface area contributed by atoms with Crippen molar-refractivity contribution in [1.29, 1.82) is 0 Å². The molecule has 0 spiro atoms. The van der Waals surface area contributed by atoms with E-state index in [-0.39, 0.29) is 18.3 Å². The lowest BCUT2D eigenvalue weighted by Gasteiger charge is -2.30. The summed E-state index contributed by atoms with van der Waals surface area (Å²) in [6.45, 7) is 1.65. The van der Waals surface area contributed by atoms with Crippen molar-refractivity contribution in [2.75, 3.05) is 6.61 Å². The Labute approximate surface area is 252 Å². The van der Waals surface area contributed by atoms with E-state index in [2.05, 4.69) is 10.6 Å². The Morgan fingerprint density at radius 3 is 2.67 bits per heavy atom. The largest absolute Gasteiger partial charge is 0.478 e. The van der Waals surface area contributed by atoms with Gasteiger partial charge in [0.1, 0.15) is 18.0 Å². The number of aromatic carboxylic acids is 1. The number of hydrogen-bond donors (Lipinski definition) is 1. The number of imidazole rings is 1. The van der Waals surface area contributed by atoms with E-state index >= 15 is 0 Å². The van der Waals surface area contributed by atoms with Crippen LogP contribution in [-0.2, 0) is 24.3 Å². The zero-order valence-corrected chi connectivity index (χ0v) is 24.2. The van der Waals surface area contributed by atoms with Crippen molar-refractivity contribution in [2.24, 2.45) is 5.92 Å². The highest BCUT2D eigenvalue weighted by molar-refractivity contribution is 6.35. The van der Waals surface area contributed by atoms with Gasteiger partial charge in [0.05, 0.1) is 34.3 Å². The third-order valence-electron chi connectivity index (χ3n) is 8.79. The molecule has 43 heavy (non-hydrogen) atoms. The fourth-order valence-electron chi connectivity index (χ4n) is 6.34. The van der Waals surface area contributed by atoms with Gasteiger partial charge in [-0.15, -0.1) is 0 Å². The van der Waals surface area contributed by atoms with Crippen LogP contribution >= 0.6 is 11.6 Å². The number of aromatic nitrogens is 3. The number of carboxylic acid groups (broad SMARTS) is 1. The zero-order valence-electron chi connectivity index (χ0n) is 23.5. The molecule has 1 aliphatic heterocycles. The molecule has 0 bridgehead atoms. The number of carbonyl (C=O) groups is 1. The Hall–Kier alpha value is -3.95.